The summed E-state index contributed by atoms with van der Waals surface area (Å²) in [5, 5.41) is 3.34. The summed E-state index contributed by atoms with van der Waals surface area (Å²) in [4.78, 5) is 41.4. The quantitative estimate of drug-likeness (QED) is 0.237. The Balaban J connectivity index is 1.50. The minimum Gasteiger partial charge on any atom is -0.458 e. The third kappa shape index (κ3) is 5.09. The lowest BCUT2D eigenvalue weighted by Crippen LogP contribution is -2.67. The monoisotopic (exact) mass is 623 g/mol. The van der Waals surface area contributed by atoms with Gasteiger partial charge in [0.15, 0.2) is 0 Å². The molecule has 0 aliphatic heterocycles. The molecule has 1 amide bonds. The van der Waals surface area contributed by atoms with Crippen LogP contribution in [0.15, 0.2) is 12.2 Å². The number of carbonyl (C=O) groups is 3. The van der Waals surface area contributed by atoms with Gasteiger partial charge in [-0.25, -0.2) is 4.79 Å². The summed E-state index contributed by atoms with van der Waals surface area (Å²) in [6, 6.07) is -0.644. The molecule has 254 valence electrons. The Morgan fingerprint density at radius 3 is 2.20 bits per heavy atom. The standard InChI is InChI=1S/C40H65NO4/c1-13-25(4)32(33(43)45-35(5,6)7)41-34(44)40-21-16-26(24(2)3)31(40)27-14-15-29-37(10)19-18-30(42)36(8,9)28(37)17-20-39(29,12)38(27,11)22-23-40/h25-29,31-32H,2,13-23H2,1,3-12H3,(H,41,44)/t25?,26-,27?,28?,29?,31?,32?,37-,38+,39+,40?/m0/s1. The van der Waals surface area contributed by atoms with E-state index < -0.39 is 17.1 Å². The van der Waals surface area contributed by atoms with E-state index in [4.69, 9.17) is 4.74 Å². The maximum absolute atomic E-state index is 14.8. The summed E-state index contributed by atoms with van der Waals surface area (Å²) in [7, 11) is 0. The van der Waals surface area contributed by atoms with E-state index in [1.807, 2.05) is 27.7 Å². The number of hydrogen-bond acceptors (Lipinski definition) is 4. The molecule has 5 heteroatoms. The fraction of sp³-hybridized carbons (Fsp3) is 0.875. The zero-order valence-electron chi connectivity index (χ0n) is 30.7. The minimum atomic E-state index is -0.644. The predicted octanol–water partition coefficient (Wildman–Crippen LogP) is 9.09. The molecule has 0 aromatic rings. The highest BCUT2D eigenvalue weighted by Gasteiger charge is 2.72. The van der Waals surface area contributed by atoms with Crippen LogP contribution < -0.4 is 5.32 Å². The highest BCUT2D eigenvalue weighted by atomic mass is 16.6. The number of nitrogens with one attached hydrogen (secondary N) is 1. The van der Waals surface area contributed by atoms with Gasteiger partial charge in [0.05, 0.1) is 5.41 Å². The van der Waals surface area contributed by atoms with E-state index in [1.54, 1.807) is 0 Å². The molecule has 11 atom stereocenters. The molecule has 1 N–H and O–H groups in total. The van der Waals surface area contributed by atoms with Crippen LogP contribution in [0.2, 0.25) is 0 Å². The first-order valence-electron chi connectivity index (χ1n) is 18.4. The topological polar surface area (TPSA) is 72.5 Å². The Labute approximate surface area is 274 Å². The van der Waals surface area contributed by atoms with Crippen LogP contribution >= 0.6 is 0 Å². The molecule has 0 saturated heterocycles. The van der Waals surface area contributed by atoms with Crippen molar-refractivity contribution >= 4 is 17.7 Å². The normalized spacial score (nSPS) is 43.5. The molecule has 7 unspecified atom stereocenters. The Hall–Kier alpha value is -1.65. The van der Waals surface area contributed by atoms with Crippen LogP contribution in [0.5, 0.6) is 0 Å². The van der Waals surface area contributed by atoms with Gasteiger partial charge in [0.2, 0.25) is 5.91 Å². The molecule has 5 aliphatic rings. The predicted molar refractivity (Wildman–Crippen MR) is 181 cm³/mol. The molecule has 0 aromatic heterocycles. The summed E-state index contributed by atoms with van der Waals surface area (Å²) in [6.45, 7) is 28.6. The number of Topliss-reactive ketones (excluding diaryl/α,β-unsaturated/α-hetero) is 1. The first-order chi connectivity index (χ1) is 20.7. The van der Waals surface area contributed by atoms with Crippen LogP contribution in [0.25, 0.3) is 0 Å². The SMILES string of the molecule is C=C(C)[C@@H]1CCC2(C(=O)NC(C(=O)OC(C)(C)C)C(C)CC)CC[C@]3(C)C(CCC4[C@@]5(C)CCC(=O)C(C)(C)C5CC[C@]43C)C12. The molecule has 5 fully saturated rings. The molecule has 5 rings (SSSR count). The molecule has 5 nitrogen and oxygen atoms in total. The first kappa shape index (κ1) is 34.7. The summed E-state index contributed by atoms with van der Waals surface area (Å²) in [5.41, 5.74) is 0.323. The van der Waals surface area contributed by atoms with Crippen molar-refractivity contribution < 1.29 is 19.1 Å². The number of allylic oxidation sites excluding steroid dienone is 1. The molecular formula is C40H65NO4. The second-order valence-electron chi connectivity index (χ2n) is 18.9. The third-order valence-corrected chi connectivity index (χ3v) is 15.4. The van der Waals surface area contributed by atoms with E-state index in [0.717, 1.165) is 51.4 Å². The van der Waals surface area contributed by atoms with Crippen molar-refractivity contribution in [1.29, 1.82) is 0 Å². The van der Waals surface area contributed by atoms with Crippen LogP contribution in [-0.4, -0.2) is 29.3 Å². The van der Waals surface area contributed by atoms with Crippen LogP contribution in [0.1, 0.15) is 147 Å². The number of esters is 1. The maximum atomic E-state index is 14.8. The van der Waals surface area contributed by atoms with Crippen LogP contribution in [0, 0.1) is 62.6 Å². The van der Waals surface area contributed by atoms with E-state index >= 15 is 0 Å². The van der Waals surface area contributed by atoms with Gasteiger partial charge in [-0.05, 0) is 137 Å². The average molecular weight is 624 g/mol. The van der Waals surface area contributed by atoms with Crippen LogP contribution in [-0.2, 0) is 19.1 Å². The Morgan fingerprint density at radius 2 is 1.60 bits per heavy atom. The van der Waals surface area contributed by atoms with E-state index in [0.29, 0.717) is 35.9 Å². The van der Waals surface area contributed by atoms with E-state index in [1.165, 1.54) is 18.4 Å². The Bertz CT molecular complexity index is 1230. The van der Waals surface area contributed by atoms with Gasteiger partial charge in [-0.15, -0.1) is 0 Å². The summed E-state index contributed by atoms with van der Waals surface area (Å²) in [5.74, 6) is 2.22. The molecule has 0 bridgehead atoms. The highest BCUT2D eigenvalue weighted by molar-refractivity contribution is 5.89. The molecule has 5 saturated carbocycles. The zero-order chi connectivity index (χ0) is 33.5. The number of amides is 1. The van der Waals surface area contributed by atoms with E-state index in [2.05, 4.69) is 60.4 Å². The van der Waals surface area contributed by atoms with Crippen molar-refractivity contribution in [1.82, 2.24) is 5.32 Å². The lowest BCUT2D eigenvalue weighted by molar-refractivity contribution is -0.233. The fourth-order valence-corrected chi connectivity index (χ4v) is 12.7. The summed E-state index contributed by atoms with van der Waals surface area (Å²) >= 11 is 0. The Morgan fingerprint density at radius 1 is 0.933 bits per heavy atom. The number of carbonyl (C=O) groups excluding carboxylic acids is 3. The van der Waals surface area contributed by atoms with Crippen LogP contribution in [0.4, 0.5) is 0 Å². The van der Waals surface area contributed by atoms with E-state index in [-0.39, 0.29) is 45.4 Å². The second kappa shape index (κ2) is 11.2. The molecule has 0 radical (unpaired) electrons. The fourth-order valence-electron chi connectivity index (χ4n) is 12.7. The molecule has 0 spiro atoms. The average Bonchev–Trinajstić information content (AvgIpc) is 3.34. The third-order valence-electron chi connectivity index (χ3n) is 15.4. The lowest BCUT2D eigenvalue weighted by atomic mass is 9.32. The number of rotatable bonds is 6. The summed E-state index contributed by atoms with van der Waals surface area (Å²) in [6.07, 6.45) is 10.9. The van der Waals surface area contributed by atoms with Gasteiger partial charge < -0.3 is 10.1 Å². The number of hydrogen-bond donors (Lipinski definition) is 1. The summed E-state index contributed by atoms with van der Waals surface area (Å²) < 4.78 is 5.84. The smallest absolute Gasteiger partial charge is 0.329 e. The number of ketones is 1. The second-order valence-corrected chi connectivity index (χ2v) is 18.9. The van der Waals surface area contributed by atoms with Crippen molar-refractivity contribution in [3.05, 3.63) is 12.2 Å². The van der Waals surface area contributed by atoms with Gasteiger partial charge in [0.25, 0.3) is 0 Å². The van der Waals surface area contributed by atoms with Crippen LogP contribution in [0.3, 0.4) is 0 Å². The molecule has 45 heavy (non-hydrogen) atoms. The van der Waals surface area contributed by atoms with Gasteiger partial charge in [-0.3, -0.25) is 9.59 Å². The highest BCUT2D eigenvalue weighted by Crippen LogP contribution is 2.77. The number of ether oxygens (including phenoxy) is 1. The van der Waals surface area contributed by atoms with Gasteiger partial charge in [0, 0.05) is 11.8 Å². The number of fused-ring (bicyclic) bond motifs is 7. The van der Waals surface area contributed by atoms with E-state index in [9.17, 15) is 14.4 Å². The van der Waals surface area contributed by atoms with Crippen molar-refractivity contribution in [2.45, 2.75) is 158 Å². The molecule has 5 aliphatic carbocycles. The van der Waals surface area contributed by atoms with Crippen molar-refractivity contribution in [3.63, 3.8) is 0 Å². The van der Waals surface area contributed by atoms with Gasteiger partial charge in [-0.2, -0.15) is 0 Å². The first-order valence-corrected chi connectivity index (χ1v) is 18.4. The molecule has 0 heterocycles. The molecule has 0 aromatic carbocycles. The lowest BCUT2D eigenvalue weighted by Gasteiger charge is -2.72. The van der Waals surface area contributed by atoms with Crippen molar-refractivity contribution in [2.24, 2.45) is 62.6 Å². The van der Waals surface area contributed by atoms with Crippen molar-refractivity contribution in [2.75, 3.05) is 0 Å². The van der Waals surface area contributed by atoms with Gasteiger partial charge in [0.1, 0.15) is 17.4 Å². The largest absolute Gasteiger partial charge is 0.458 e. The molecular weight excluding hydrogens is 558 g/mol. The van der Waals surface area contributed by atoms with Gasteiger partial charge >= 0.3 is 5.97 Å². The Kier molecular flexibility index (Phi) is 8.64. The maximum Gasteiger partial charge on any atom is 0.329 e. The van der Waals surface area contributed by atoms with Crippen molar-refractivity contribution in [3.8, 4) is 0 Å². The zero-order valence-corrected chi connectivity index (χ0v) is 30.7. The van der Waals surface area contributed by atoms with Gasteiger partial charge in [-0.1, -0.05) is 67.0 Å². The minimum absolute atomic E-state index is 0.0113.